The van der Waals surface area contributed by atoms with Crippen molar-refractivity contribution in [1.82, 2.24) is 4.98 Å². The van der Waals surface area contributed by atoms with Crippen LogP contribution in [0.1, 0.15) is 16.1 Å². The lowest BCUT2D eigenvalue weighted by Gasteiger charge is -2.03. The standard InChI is InChI=1S/C11H9F3N2S/c1-5-8(17-11(15)16-5)4-6-2-3-7(12)10(14)9(6)13/h2-3H,4H2,1H3,(H2,15,16). The molecule has 0 aliphatic rings. The van der Waals surface area contributed by atoms with E-state index in [1.807, 2.05) is 0 Å². The molecule has 1 heterocycles. The lowest BCUT2D eigenvalue weighted by Crippen LogP contribution is -1.98. The number of aryl methyl sites for hydroxylation is 1. The summed E-state index contributed by atoms with van der Waals surface area (Å²) in [6.45, 7) is 1.74. The van der Waals surface area contributed by atoms with Crippen molar-refractivity contribution >= 4 is 16.5 Å². The first-order valence-corrected chi connectivity index (χ1v) is 5.65. The molecule has 0 bridgehead atoms. The molecule has 90 valence electrons. The fourth-order valence-electron chi connectivity index (χ4n) is 1.49. The number of aromatic nitrogens is 1. The van der Waals surface area contributed by atoms with Crippen LogP contribution in [0.2, 0.25) is 0 Å². The van der Waals surface area contributed by atoms with Crippen LogP contribution < -0.4 is 5.73 Å². The number of thiazole rings is 1. The number of anilines is 1. The Hall–Kier alpha value is -1.56. The topological polar surface area (TPSA) is 38.9 Å². The minimum atomic E-state index is -1.45. The average Bonchev–Trinajstić information content (AvgIpc) is 2.58. The highest BCUT2D eigenvalue weighted by molar-refractivity contribution is 7.15. The first-order valence-electron chi connectivity index (χ1n) is 4.83. The Morgan fingerprint density at radius 1 is 1.24 bits per heavy atom. The first kappa shape index (κ1) is 11.9. The van der Waals surface area contributed by atoms with Gasteiger partial charge in [0.25, 0.3) is 0 Å². The molecule has 2 rings (SSSR count). The largest absolute Gasteiger partial charge is 0.375 e. The number of nitrogens with two attached hydrogens (primary N) is 1. The zero-order valence-electron chi connectivity index (χ0n) is 8.93. The maximum atomic E-state index is 13.4. The fraction of sp³-hybridized carbons (Fsp3) is 0.182. The van der Waals surface area contributed by atoms with Gasteiger partial charge >= 0.3 is 0 Å². The molecule has 0 amide bonds. The molecule has 0 radical (unpaired) electrons. The van der Waals surface area contributed by atoms with Crippen LogP contribution in [0.5, 0.6) is 0 Å². The highest BCUT2D eigenvalue weighted by Gasteiger charge is 2.15. The van der Waals surface area contributed by atoms with Crippen molar-refractivity contribution in [3.8, 4) is 0 Å². The third kappa shape index (κ3) is 2.26. The molecule has 2 nitrogen and oxygen atoms in total. The van der Waals surface area contributed by atoms with Gasteiger partial charge in [-0.05, 0) is 18.6 Å². The molecule has 17 heavy (non-hydrogen) atoms. The molecule has 0 saturated heterocycles. The van der Waals surface area contributed by atoms with Gasteiger partial charge in [-0.15, -0.1) is 11.3 Å². The molecular formula is C11H9F3N2S. The number of rotatable bonds is 2. The van der Waals surface area contributed by atoms with Crippen molar-refractivity contribution in [3.63, 3.8) is 0 Å². The lowest BCUT2D eigenvalue weighted by molar-refractivity contribution is 0.442. The molecule has 0 unspecified atom stereocenters. The van der Waals surface area contributed by atoms with E-state index < -0.39 is 17.5 Å². The summed E-state index contributed by atoms with van der Waals surface area (Å²) >= 11 is 1.21. The SMILES string of the molecule is Cc1nc(N)sc1Cc1ccc(F)c(F)c1F. The van der Waals surface area contributed by atoms with Crippen LogP contribution in [-0.2, 0) is 6.42 Å². The second-order valence-corrected chi connectivity index (χ2v) is 4.69. The van der Waals surface area contributed by atoms with Crippen molar-refractivity contribution in [3.05, 3.63) is 45.7 Å². The van der Waals surface area contributed by atoms with Gasteiger partial charge in [-0.1, -0.05) is 6.07 Å². The third-order valence-corrected chi connectivity index (χ3v) is 3.36. The average molecular weight is 258 g/mol. The summed E-state index contributed by atoms with van der Waals surface area (Å²) in [6, 6.07) is 2.14. The van der Waals surface area contributed by atoms with Crippen LogP contribution in [0, 0.1) is 24.4 Å². The number of halogens is 3. The van der Waals surface area contributed by atoms with E-state index in [-0.39, 0.29) is 12.0 Å². The summed E-state index contributed by atoms with van der Waals surface area (Å²) in [5, 5.41) is 0.375. The summed E-state index contributed by atoms with van der Waals surface area (Å²) < 4.78 is 39.2. The van der Waals surface area contributed by atoms with E-state index in [1.165, 1.54) is 17.4 Å². The van der Waals surface area contributed by atoms with Gasteiger partial charge in [0.05, 0.1) is 5.69 Å². The molecule has 0 spiro atoms. The van der Waals surface area contributed by atoms with E-state index in [9.17, 15) is 13.2 Å². The van der Waals surface area contributed by atoms with Crippen LogP contribution in [0.15, 0.2) is 12.1 Å². The third-order valence-electron chi connectivity index (χ3n) is 2.38. The molecule has 6 heteroatoms. The van der Waals surface area contributed by atoms with E-state index in [0.717, 1.165) is 10.9 Å². The lowest BCUT2D eigenvalue weighted by atomic mass is 10.1. The zero-order chi connectivity index (χ0) is 12.6. The van der Waals surface area contributed by atoms with Crippen LogP contribution in [0.25, 0.3) is 0 Å². The Morgan fingerprint density at radius 3 is 2.53 bits per heavy atom. The Kier molecular flexibility index (Phi) is 3.06. The number of benzene rings is 1. The zero-order valence-corrected chi connectivity index (χ0v) is 9.75. The number of nitrogens with zero attached hydrogens (tertiary/aromatic N) is 1. The van der Waals surface area contributed by atoms with Gasteiger partial charge in [-0.25, -0.2) is 18.2 Å². The molecule has 0 atom stereocenters. The van der Waals surface area contributed by atoms with E-state index >= 15 is 0 Å². The monoisotopic (exact) mass is 258 g/mol. The molecule has 0 aliphatic heterocycles. The summed E-state index contributed by atoms with van der Waals surface area (Å²) in [4.78, 5) is 4.73. The van der Waals surface area contributed by atoms with Gasteiger partial charge in [-0.3, -0.25) is 0 Å². The summed E-state index contributed by atoms with van der Waals surface area (Å²) in [5.74, 6) is -3.79. The highest BCUT2D eigenvalue weighted by Crippen LogP contribution is 2.25. The van der Waals surface area contributed by atoms with E-state index in [0.29, 0.717) is 10.8 Å². The Bertz CT molecular complexity index is 566. The van der Waals surface area contributed by atoms with Crippen molar-refractivity contribution in [2.24, 2.45) is 0 Å². The van der Waals surface area contributed by atoms with Gasteiger partial charge in [-0.2, -0.15) is 0 Å². The van der Waals surface area contributed by atoms with Gasteiger partial charge < -0.3 is 5.73 Å². The van der Waals surface area contributed by atoms with Crippen molar-refractivity contribution in [2.75, 3.05) is 5.73 Å². The fourth-order valence-corrected chi connectivity index (χ4v) is 2.35. The maximum Gasteiger partial charge on any atom is 0.194 e. The Labute approximate surface area is 99.9 Å². The van der Waals surface area contributed by atoms with Crippen LogP contribution in [0.4, 0.5) is 18.3 Å². The van der Waals surface area contributed by atoms with Gasteiger partial charge in [0.1, 0.15) is 0 Å². The molecular weight excluding hydrogens is 249 g/mol. The van der Waals surface area contributed by atoms with E-state index in [2.05, 4.69) is 4.98 Å². The predicted octanol–water partition coefficient (Wildman–Crippen LogP) is 3.04. The molecule has 1 aromatic heterocycles. The van der Waals surface area contributed by atoms with Crippen molar-refractivity contribution < 1.29 is 13.2 Å². The molecule has 1 aromatic carbocycles. The summed E-state index contributed by atoms with van der Waals surface area (Å²) in [5.41, 5.74) is 6.28. The van der Waals surface area contributed by atoms with Gasteiger partial charge in [0.15, 0.2) is 22.6 Å². The summed E-state index contributed by atoms with van der Waals surface area (Å²) in [7, 11) is 0. The molecule has 0 saturated carbocycles. The molecule has 2 N–H and O–H groups in total. The second kappa shape index (κ2) is 4.37. The quantitative estimate of drug-likeness (QED) is 0.841. The number of nitrogen functional groups attached to an aromatic ring is 1. The minimum Gasteiger partial charge on any atom is -0.375 e. The van der Waals surface area contributed by atoms with Crippen LogP contribution in [0.3, 0.4) is 0 Å². The first-order chi connectivity index (χ1) is 7.99. The van der Waals surface area contributed by atoms with E-state index in [4.69, 9.17) is 5.73 Å². The van der Waals surface area contributed by atoms with Crippen LogP contribution in [-0.4, -0.2) is 4.98 Å². The van der Waals surface area contributed by atoms with Crippen LogP contribution >= 0.6 is 11.3 Å². The minimum absolute atomic E-state index is 0.0932. The van der Waals surface area contributed by atoms with E-state index in [1.54, 1.807) is 6.92 Å². The normalized spacial score (nSPS) is 10.8. The van der Waals surface area contributed by atoms with Crippen molar-refractivity contribution in [2.45, 2.75) is 13.3 Å². The summed E-state index contributed by atoms with van der Waals surface area (Å²) in [6.07, 6.45) is 0.156. The van der Waals surface area contributed by atoms with Crippen molar-refractivity contribution in [1.29, 1.82) is 0 Å². The maximum absolute atomic E-state index is 13.4. The molecule has 0 aliphatic carbocycles. The molecule has 0 fully saturated rings. The number of hydrogen-bond donors (Lipinski definition) is 1. The van der Waals surface area contributed by atoms with Gasteiger partial charge in [0.2, 0.25) is 0 Å². The van der Waals surface area contributed by atoms with Gasteiger partial charge in [0, 0.05) is 11.3 Å². The Morgan fingerprint density at radius 2 is 1.94 bits per heavy atom. The Balaban J connectivity index is 2.37. The predicted molar refractivity (Wildman–Crippen MR) is 60.4 cm³/mol. The number of hydrogen-bond acceptors (Lipinski definition) is 3. The molecule has 2 aromatic rings. The smallest absolute Gasteiger partial charge is 0.194 e. The highest BCUT2D eigenvalue weighted by atomic mass is 32.1. The second-order valence-electron chi connectivity index (χ2n) is 3.57.